The van der Waals surface area contributed by atoms with Crippen molar-refractivity contribution in [2.75, 3.05) is 11.9 Å². The van der Waals surface area contributed by atoms with Crippen LogP contribution in [0.4, 0.5) is 5.69 Å². The molecule has 0 bridgehead atoms. The first-order valence-corrected chi connectivity index (χ1v) is 10.1. The van der Waals surface area contributed by atoms with Crippen molar-refractivity contribution in [3.63, 3.8) is 0 Å². The summed E-state index contributed by atoms with van der Waals surface area (Å²) in [6.45, 7) is 2.51. The molecule has 2 heterocycles. The third kappa shape index (κ3) is 3.86. The summed E-state index contributed by atoms with van der Waals surface area (Å²) < 4.78 is 5.48. The van der Waals surface area contributed by atoms with E-state index in [9.17, 15) is 9.90 Å². The summed E-state index contributed by atoms with van der Waals surface area (Å²) in [5.74, 6) is -0.175. The molecule has 1 aromatic heterocycles. The van der Waals surface area contributed by atoms with Gasteiger partial charge in [0, 0.05) is 17.8 Å². The number of carbonyl (C=O) groups is 1. The number of imidazole rings is 1. The summed E-state index contributed by atoms with van der Waals surface area (Å²) in [4.78, 5) is 21.5. The van der Waals surface area contributed by atoms with Gasteiger partial charge >= 0.3 is 5.97 Å². The normalized spacial score (nSPS) is 17.8. The molecule has 2 aromatic carbocycles. The fraction of sp³-hybridized carbons (Fsp3) is 0.227. The highest BCUT2D eigenvalue weighted by atomic mass is 32.1. The number of carboxylic acids is 1. The molecule has 1 aliphatic heterocycles. The van der Waals surface area contributed by atoms with E-state index in [2.05, 4.69) is 15.3 Å². The van der Waals surface area contributed by atoms with Crippen LogP contribution in [0.5, 0.6) is 5.75 Å². The van der Waals surface area contributed by atoms with Gasteiger partial charge in [0.25, 0.3) is 0 Å². The average molecular weight is 423 g/mol. The number of rotatable bonds is 5. The number of benzene rings is 2. The average Bonchev–Trinajstić information content (AvgIpc) is 3.23. The van der Waals surface area contributed by atoms with Crippen LogP contribution >= 0.6 is 12.2 Å². The first-order valence-electron chi connectivity index (χ1n) is 9.70. The lowest BCUT2D eigenvalue weighted by molar-refractivity contribution is -0.142. The zero-order valence-corrected chi connectivity index (χ0v) is 17.2. The van der Waals surface area contributed by atoms with E-state index in [0.717, 1.165) is 28.4 Å². The van der Waals surface area contributed by atoms with Gasteiger partial charge in [0.1, 0.15) is 17.8 Å². The van der Waals surface area contributed by atoms with Gasteiger partial charge in [-0.2, -0.15) is 0 Å². The lowest BCUT2D eigenvalue weighted by Gasteiger charge is -2.41. The lowest BCUT2D eigenvalue weighted by atomic mass is 9.91. The number of hydrogen-bond donors (Lipinski definition) is 3. The number of fused-ring (bicyclic) bond motifs is 1. The minimum atomic E-state index is -0.938. The van der Waals surface area contributed by atoms with Crippen molar-refractivity contribution in [1.82, 2.24) is 14.9 Å². The molecule has 0 fully saturated rings. The summed E-state index contributed by atoms with van der Waals surface area (Å²) >= 11 is 5.70. The van der Waals surface area contributed by atoms with E-state index >= 15 is 0 Å². The highest BCUT2D eigenvalue weighted by Crippen LogP contribution is 2.37. The summed E-state index contributed by atoms with van der Waals surface area (Å²) in [6.07, 6.45) is 1.89. The maximum atomic E-state index is 12.2. The van der Waals surface area contributed by atoms with Crippen LogP contribution in [0.2, 0.25) is 0 Å². The van der Waals surface area contributed by atoms with Gasteiger partial charge in [-0.05, 0) is 49.0 Å². The smallest absolute Gasteiger partial charge is 0.326 e. The van der Waals surface area contributed by atoms with E-state index < -0.39 is 18.1 Å². The first kappa shape index (κ1) is 19.9. The Kier molecular flexibility index (Phi) is 5.67. The number of aliphatic carboxylic acids is 1. The van der Waals surface area contributed by atoms with Crippen molar-refractivity contribution >= 4 is 29.0 Å². The van der Waals surface area contributed by atoms with Crippen LogP contribution in [0, 0.1) is 0 Å². The molecule has 2 atom stereocenters. The van der Waals surface area contributed by atoms with Gasteiger partial charge in [0.05, 0.1) is 18.6 Å². The number of thiocarbonyl (C=S) groups is 1. The Morgan fingerprint density at radius 2 is 2.00 bits per heavy atom. The van der Waals surface area contributed by atoms with E-state index in [-0.39, 0.29) is 0 Å². The molecule has 30 heavy (non-hydrogen) atoms. The predicted octanol–water partition coefficient (Wildman–Crippen LogP) is 3.61. The number of nitrogens with zero attached hydrogens (tertiary/aromatic N) is 2. The molecule has 0 saturated carbocycles. The van der Waals surface area contributed by atoms with Crippen molar-refractivity contribution < 1.29 is 14.6 Å². The van der Waals surface area contributed by atoms with Crippen LogP contribution in [-0.4, -0.2) is 43.7 Å². The minimum absolute atomic E-state index is 0.291. The molecule has 0 amide bonds. The highest BCUT2D eigenvalue weighted by molar-refractivity contribution is 7.80. The molecule has 154 valence electrons. The molecule has 2 unspecified atom stereocenters. The van der Waals surface area contributed by atoms with Crippen LogP contribution in [-0.2, 0) is 11.2 Å². The molecular formula is C22H22N4O3S. The fourth-order valence-corrected chi connectivity index (χ4v) is 4.09. The van der Waals surface area contributed by atoms with Crippen LogP contribution in [0.1, 0.15) is 29.9 Å². The third-order valence-electron chi connectivity index (χ3n) is 5.07. The van der Waals surface area contributed by atoms with E-state index in [4.69, 9.17) is 17.0 Å². The molecular weight excluding hydrogens is 400 g/mol. The lowest BCUT2D eigenvalue weighted by Crippen LogP contribution is -2.53. The number of carboxylic acid groups (broad SMARTS) is 1. The van der Waals surface area contributed by atoms with E-state index in [1.807, 2.05) is 61.5 Å². The quantitative estimate of drug-likeness (QED) is 0.541. The molecule has 3 N–H and O–H groups in total. The minimum Gasteiger partial charge on any atom is -0.494 e. The Bertz CT molecular complexity index is 1040. The van der Waals surface area contributed by atoms with Crippen molar-refractivity contribution in [3.05, 3.63) is 77.9 Å². The van der Waals surface area contributed by atoms with Gasteiger partial charge in [-0.25, -0.2) is 9.78 Å². The van der Waals surface area contributed by atoms with Crippen LogP contribution in [0.25, 0.3) is 0 Å². The van der Waals surface area contributed by atoms with Crippen molar-refractivity contribution in [3.8, 4) is 5.75 Å². The molecule has 0 saturated heterocycles. The van der Waals surface area contributed by atoms with Gasteiger partial charge in [-0.15, -0.1) is 0 Å². The Hall–Kier alpha value is -3.39. The Morgan fingerprint density at radius 3 is 2.67 bits per heavy atom. The maximum Gasteiger partial charge on any atom is 0.326 e. The SMILES string of the molecule is CCOc1ccc(NC(=S)N2C(C(=O)O)Cc3[nH]cnc3C2c2ccccc2)cc1. The third-order valence-corrected chi connectivity index (χ3v) is 5.39. The summed E-state index contributed by atoms with van der Waals surface area (Å²) in [6, 6.07) is 15.9. The molecule has 0 radical (unpaired) electrons. The zero-order chi connectivity index (χ0) is 21.1. The second-order valence-corrected chi connectivity index (χ2v) is 7.32. The van der Waals surface area contributed by atoms with Crippen molar-refractivity contribution in [2.24, 2.45) is 0 Å². The van der Waals surface area contributed by atoms with Gasteiger partial charge in [-0.1, -0.05) is 30.3 Å². The standard InChI is InChI=1S/C22H22N4O3S/c1-2-29-16-10-8-15(9-11-16)25-22(30)26-18(21(27)28)12-17-19(24-13-23-17)20(26)14-6-4-3-5-7-14/h3-11,13,18,20H,2,12H2,1H3,(H,23,24)(H,25,30)(H,27,28). The highest BCUT2D eigenvalue weighted by Gasteiger charge is 2.42. The van der Waals surface area contributed by atoms with Gasteiger partial charge in [-0.3, -0.25) is 0 Å². The van der Waals surface area contributed by atoms with Crippen LogP contribution in [0.3, 0.4) is 0 Å². The summed E-state index contributed by atoms with van der Waals surface area (Å²) in [7, 11) is 0. The molecule has 3 aromatic rings. The Balaban J connectivity index is 1.69. The monoisotopic (exact) mass is 422 g/mol. The largest absolute Gasteiger partial charge is 0.494 e. The summed E-state index contributed by atoms with van der Waals surface area (Å²) in [5, 5.41) is 13.5. The van der Waals surface area contributed by atoms with Crippen LogP contribution in [0.15, 0.2) is 60.9 Å². The van der Waals surface area contributed by atoms with E-state index in [0.29, 0.717) is 18.1 Å². The number of aromatic nitrogens is 2. The number of H-pyrrole nitrogens is 1. The number of nitrogens with one attached hydrogen (secondary N) is 2. The van der Waals surface area contributed by atoms with Gasteiger partial charge in [0.2, 0.25) is 0 Å². The number of hydrogen-bond acceptors (Lipinski definition) is 4. The van der Waals surface area contributed by atoms with Gasteiger partial charge in [0.15, 0.2) is 5.11 Å². The zero-order valence-electron chi connectivity index (χ0n) is 16.4. The molecule has 7 nitrogen and oxygen atoms in total. The Labute approximate surface area is 179 Å². The van der Waals surface area contributed by atoms with E-state index in [1.165, 1.54) is 0 Å². The molecule has 0 spiro atoms. The maximum absolute atomic E-state index is 12.2. The second kappa shape index (κ2) is 8.54. The molecule has 4 rings (SSSR count). The molecule has 8 heteroatoms. The second-order valence-electron chi connectivity index (χ2n) is 6.93. The van der Waals surface area contributed by atoms with E-state index in [1.54, 1.807) is 11.2 Å². The molecule has 0 aliphatic carbocycles. The topological polar surface area (TPSA) is 90.5 Å². The predicted molar refractivity (Wildman–Crippen MR) is 118 cm³/mol. The number of anilines is 1. The molecule has 1 aliphatic rings. The van der Waals surface area contributed by atoms with Crippen LogP contribution < -0.4 is 10.1 Å². The van der Waals surface area contributed by atoms with Crippen molar-refractivity contribution in [1.29, 1.82) is 0 Å². The number of aromatic amines is 1. The fourth-order valence-electron chi connectivity index (χ4n) is 3.74. The van der Waals surface area contributed by atoms with Crippen molar-refractivity contribution in [2.45, 2.75) is 25.4 Å². The Morgan fingerprint density at radius 1 is 1.27 bits per heavy atom. The first-order chi connectivity index (χ1) is 14.6. The number of ether oxygens (including phenoxy) is 1. The van der Waals surface area contributed by atoms with Gasteiger partial charge < -0.3 is 25.0 Å². The summed E-state index contributed by atoms with van der Waals surface area (Å²) in [5.41, 5.74) is 3.28.